The highest BCUT2D eigenvalue weighted by Crippen LogP contribution is 2.44. The predicted octanol–water partition coefficient (Wildman–Crippen LogP) is 3.87. The molecular formula is C8H3ClF5NO3. The third-order valence-electron chi connectivity index (χ3n) is 1.74. The minimum absolute atomic E-state index is 0.405. The van der Waals surface area contributed by atoms with Gasteiger partial charge in [0.25, 0.3) is 5.69 Å². The first kappa shape index (κ1) is 14.4. The minimum atomic E-state index is -5.22. The molecule has 0 unspecified atom stereocenters. The van der Waals surface area contributed by atoms with Gasteiger partial charge < -0.3 is 4.74 Å². The number of alkyl halides is 5. The summed E-state index contributed by atoms with van der Waals surface area (Å²) < 4.78 is 65.2. The number of rotatable bonds is 3. The summed E-state index contributed by atoms with van der Waals surface area (Å²) >= 11 is 5.30. The van der Waals surface area contributed by atoms with Crippen LogP contribution < -0.4 is 4.74 Å². The molecule has 1 rings (SSSR count). The molecule has 0 radical (unpaired) electrons. The number of halogens is 6. The molecule has 4 nitrogen and oxygen atoms in total. The molecule has 0 N–H and O–H groups in total. The molecule has 0 saturated carbocycles. The van der Waals surface area contributed by atoms with E-state index >= 15 is 0 Å². The highest BCUT2D eigenvalue weighted by molar-refractivity contribution is 6.31. The number of nitrogens with zero attached hydrogens (tertiary/aromatic N) is 1. The molecule has 1 aromatic carbocycles. The highest BCUT2D eigenvalue weighted by atomic mass is 35.5. The number of nitro groups is 1. The second-order valence-corrected chi connectivity index (χ2v) is 3.37. The summed E-state index contributed by atoms with van der Waals surface area (Å²) in [6, 6.07) is 0.840. The SMILES string of the molecule is O=[N+]([O-])c1cc(Cl)cc(OC(F)F)c1C(F)(F)F. The maximum absolute atomic E-state index is 12.6. The van der Waals surface area contributed by atoms with E-state index in [0.29, 0.717) is 12.1 Å². The van der Waals surface area contributed by atoms with Crippen LogP contribution >= 0.6 is 11.6 Å². The molecule has 18 heavy (non-hydrogen) atoms. The molecule has 0 bridgehead atoms. The Morgan fingerprint density at radius 1 is 1.33 bits per heavy atom. The quantitative estimate of drug-likeness (QED) is 0.482. The molecule has 0 heterocycles. The zero-order valence-corrected chi connectivity index (χ0v) is 8.93. The van der Waals surface area contributed by atoms with Crippen LogP contribution in [0.4, 0.5) is 27.6 Å². The molecule has 0 spiro atoms. The van der Waals surface area contributed by atoms with E-state index in [0.717, 1.165) is 0 Å². The summed E-state index contributed by atoms with van der Waals surface area (Å²) in [5.41, 5.74) is -3.36. The van der Waals surface area contributed by atoms with Crippen LogP contribution in [0.5, 0.6) is 5.75 Å². The predicted molar refractivity (Wildman–Crippen MR) is 49.7 cm³/mol. The Hall–Kier alpha value is -1.64. The Kier molecular flexibility index (Phi) is 3.95. The number of ether oxygens (including phenoxy) is 1. The van der Waals surface area contributed by atoms with Crippen molar-refractivity contribution in [2.75, 3.05) is 0 Å². The lowest BCUT2D eigenvalue weighted by Crippen LogP contribution is -2.14. The van der Waals surface area contributed by atoms with E-state index in [1.165, 1.54) is 0 Å². The van der Waals surface area contributed by atoms with E-state index in [2.05, 4.69) is 4.74 Å². The lowest BCUT2D eigenvalue weighted by atomic mass is 10.1. The molecule has 0 aliphatic carbocycles. The van der Waals surface area contributed by atoms with Crippen LogP contribution in [0.3, 0.4) is 0 Å². The van der Waals surface area contributed by atoms with Gasteiger partial charge in [-0.3, -0.25) is 10.1 Å². The molecule has 0 aromatic heterocycles. The summed E-state index contributed by atoms with van der Waals surface area (Å²) in [5.74, 6) is -1.39. The summed E-state index contributed by atoms with van der Waals surface area (Å²) in [5, 5.41) is 9.94. The van der Waals surface area contributed by atoms with Gasteiger partial charge >= 0.3 is 12.8 Å². The van der Waals surface area contributed by atoms with E-state index in [9.17, 15) is 32.1 Å². The van der Waals surface area contributed by atoms with Gasteiger partial charge in [-0.25, -0.2) is 0 Å². The zero-order valence-electron chi connectivity index (χ0n) is 8.17. The third-order valence-corrected chi connectivity index (χ3v) is 1.96. The summed E-state index contributed by atoms with van der Waals surface area (Å²) in [6.07, 6.45) is -5.22. The molecule has 10 heteroatoms. The number of hydrogen-bond acceptors (Lipinski definition) is 3. The summed E-state index contributed by atoms with van der Waals surface area (Å²) in [4.78, 5) is 9.08. The van der Waals surface area contributed by atoms with Crippen molar-refractivity contribution in [3.8, 4) is 5.75 Å². The van der Waals surface area contributed by atoms with Gasteiger partial charge in [0.15, 0.2) is 5.56 Å². The Morgan fingerprint density at radius 3 is 2.28 bits per heavy atom. The fourth-order valence-electron chi connectivity index (χ4n) is 1.19. The second kappa shape index (κ2) is 4.92. The molecular weight excluding hydrogens is 289 g/mol. The molecule has 1 aromatic rings. The average Bonchev–Trinajstić information content (AvgIpc) is 2.12. The topological polar surface area (TPSA) is 52.4 Å². The average molecular weight is 292 g/mol. The molecule has 0 saturated heterocycles. The molecule has 0 fully saturated rings. The molecule has 0 aliphatic heterocycles. The second-order valence-electron chi connectivity index (χ2n) is 2.93. The van der Waals surface area contributed by atoms with Crippen LogP contribution in [0.1, 0.15) is 5.56 Å². The number of benzene rings is 1. The van der Waals surface area contributed by atoms with Gasteiger partial charge in [0.1, 0.15) is 5.75 Å². The molecule has 0 atom stereocenters. The van der Waals surface area contributed by atoms with Crippen LogP contribution in [-0.2, 0) is 6.18 Å². The monoisotopic (exact) mass is 291 g/mol. The standard InChI is InChI=1S/C8H3ClF5NO3/c9-3-1-4(15(16)17)6(8(12,13)14)5(2-3)18-7(10)11/h1-2,7H. The maximum atomic E-state index is 12.6. The van der Waals surface area contributed by atoms with Gasteiger partial charge in [-0.15, -0.1) is 0 Å². The lowest BCUT2D eigenvalue weighted by Gasteiger charge is -2.13. The zero-order chi connectivity index (χ0) is 14.1. The van der Waals surface area contributed by atoms with Crippen molar-refractivity contribution in [3.63, 3.8) is 0 Å². The Morgan fingerprint density at radius 2 is 1.89 bits per heavy atom. The van der Waals surface area contributed by atoms with Crippen LogP contribution in [0.2, 0.25) is 5.02 Å². The van der Waals surface area contributed by atoms with Crippen molar-refractivity contribution in [1.82, 2.24) is 0 Å². The summed E-state index contributed by atoms with van der Waals surface area (Å²) in [6.45, 7) is -3.57. The van der Waals surface area contributed by atoms with Crippen molar-refractivity contribution in [2.45, 2.75) is 12.8 Å². The molecule has 0 aliphatic rings. The molecule has 100 valence electrons. The van der Waals surface area contributed by atoms with Gasteiger partial charge in [0.2, 0.25) is 0 Å². The van der Waals surface area contributed by atoms with Crippen molar-refractivity contribution in [3.05, 3.63) is 32.8 Å². The number of hydrogen-bond donors (Lipinski definition) is 0. The lowest BCUT2D eigenvalue weighted by molar-refractivity contribution is -0.388. The van der Waals surface area contributed by atoms with Gasteiger partial charge in [-0.2, -0.15) is 22.0 Å². The van der Waals surface area contributed by atoms with Crippen LogP contribution in [-0.4, -0.2) is 11.5 Å². The van der Waals surface area contributed by atoms with Gasteiger partial charge in [0.05, 0.1) is 9.95 Å². The fourth-order valence-corrected chi connectivity index (χ4v) is 1.39. The smallest absolute Gasteiger partial charge is 0.426 e. The van der Waals surface area contributed by atoms with Crippen LogP contribution in [0.15, 0.2) is 12.1 Å². The normalized spacial score (nSPS) is 11.7. The Bertz CT molecular complexity index is 477. The van der Waals surface area contributed by atoms with E-state index in [1.807, 2.05) is 0 Å². The van der Waals surface area contributed by atoms with Gasteiger partial charge in [0, 0.05) is 12.1 Å². The van der Waals surface area contributed by atoms with Crippen molar-refractivity contribution in [1.29, 1.82) is 0 Å². The Balaban J connectivity index is 3.53. The Labute approximate surface area is 101 Å². The first-order chi connectivity index (χ1) is 8.12. The fraction of sp³-hybridized carbons (Fsp3) is 0.250. The van der Waals surface area contributed by atoms with Crippen molar-refractivity contribution < 1.29 is 31.6 Å². The van der Waals surface area contributed by atoms with E-state index < -0.39 is 39.7 Å². The van der Waals surface area contributed by atoms with E-state index in [-0.39, 0.29) is 0 Å². The largest absolute Gasteiger partial charge is 0.434 e. The first-order valence-corrected chi connectivity index (χ1v) is 4.50. The van der Waals surface area contributed by atoms with Gasteiger partial charge in [-0.05, 0) is 0 Å². The third kappa shape index (κ3) is 3.19. The van der Waals surface area contributed by atoms with Crippen LogP contribution in [0, 0.1) is 10.1 Å². The highest BCUT2D eigenvalue weighted by Gasteiger charge is 2.43. The molecule has 0 amide bonds. The van der Waals surface area contributed by atoms with Crippen molar-refractivity contribution in [2.24, 2.45) is 0 Å². The van der Waals surface area contributed by atoms with Crippen LogP contribution in [0.25, 0.3) is 0 Å². The number of nitro benzene ring substituents is 1. The van der Waals surface area contributed by atoms with Crippen molar-refractivity contribution >= 4 is 17.3 Å². The maximum Gasteiger partial charge on any atom is 0.426 e. The van der Waals surface area contributed by atoms with E-state index in [1.54, 1.807) is 0 Å². The minimum Gasteiger partial charge on any atom is -0.434 e. The van der Waals surface area contributed by atoms with E-state index in [4.69, 9.17) is 11.6 Å². The van der Waals surface area contributed by atoms with Gasteiger partial charge in [-0.1, -0.05) is 11.6 Å². The first-order valence-electron chi connectivity index (χ1n) is 4.13. The summed E-state index contributed by atoms with van der Waals surface area (Å²) in [7, 11) is 0.